The van der Waals surface area contributed by atoms with E-state index in [0.29, 0.717) is 18.1 Å². The first kappa shape index (κ1) is 23.8. The van der Waals surface area contributed by atoms with Gasteiger partial charge in [0, 0.05) is 22.9 Å². The number of rotatable bonds is 7. The van der Waals surface area contributed by atoms with Crippen LogP contribution in [0, 0.1) is 0 Å². The molecule has 1 aliphatic carbocycles. The number of hydrogen-bond donors (Lipinski definition) is 1. The average Bonchev–Trinajstić information content (AvgIpc) is 3.15. The van der Waals surface area contributed by atoms with E-state index in [2.05, 4.69) is 38.1 Å². The van der Waals surface area contributed by atoms with E-state index in [9.17, 15) is 9.90 Å². The van der Waals surface area contributed by atoms with Crippen molar-refractivity contribution in [3.8, 4) is 21.9 Å². The second-order valence-corrected chi connectivity index (χ2v) is 10.0. The largest absolute Gasteiger partial charge is 0.512 e. The Balaban J connectivity index is 1.66. The summed E-state index contributed by atoms with van der Waals surface area (Å²) in [5.41, 5.74) is 4.46. The molecule has 0 aliphatic heterocycles. The predicted molar refractivity (Wildman–Crippen MR) is 140 cm³/mol. The van der Waals surface area contributed by atoms with Gasteiger partial charge in [-0.25, -0.2) is 4.79 Å². The molecule has 0 amide bonds. The van der Waals surface area contributed by atoms with E-state index >= 15 is 0 Å². The van der Waals surface area contributed by atoms with Crippen LogP contribution in [-0.4, -0.2) is 17.2 Å². The third-order valence-corrected chi connectivity index (χ3v) is 6.80. The molecule has 0 bridgehead atoms. The van der Waals surface area contributed by atoms with Gasteiger partial charge in [-0.2, -0.15) is 0 Å². The maximum Gasteiger partial charge on any atom is 0.331 e. The molecule has 0 saturated heterocycles. The lowest BCUT2D eigenvalue weighted by molar-refractivity contribution is -0.141. The van der Waals surface area contributed by atoms with Crippen LogP contribution in [0.5, 0.6) is 11.5 Å². The summed E-state index contributed by atoms with van der Waals surface area (Å²) in [6.45, 7) is 8.04. The molecular weight excluding hydrogens is 444 g/mol. The number of aliphatic hydroxyl groups excluding tert-OH is 1. The lowest BCUT2D eigenvalue weighted by Gasteiger charge is -2.15. The maximum atomic E-state index is 11.8. The Labute approximate surface area is 205 Å². The molecule has 1 heterocycles. The summed E-state index contributed by atoms with van der Waals surface area (Å²) in [6, 6.07) is 16.1. The van der Waals surface area contributed by atoms with Crippen molar-refractivity contribution in [2.75, 3.05) is 0 Å². The molecule has 0 atom stereocenters. The number of allylic oxidation sites excluding steroid dienone is 1. The number of hydrogen-bond acceptors (Lipinski definition) is 5. The Morgan fingerprint density at radius 2 is 1.76 bits per heavy atom. The first-order valence-electron chi connectivity index (χ1n) is 11.6. The Hall–Kier alpha value is -3.31. The SMILES string of the molecule is CC(C)OC(=O)/C=C/c1ccc(Oc2c(-c3ccccc3C(C)C)sc3c2CCC(O)=C3)cc1. The van der Waals surface area contributed by atoms with Crippen molar-refractivity contribution in [3.63, 3.8) is 0 Å². The fraction of sp³-hybridized carbons (Fsp3) is 0.276. The molecule has 3 aromatic rings. The zero-order valence-electron chi connectivity index (χ0n) is 20.0. The minimum atomic E-state index is -0.356. The Bertz CT molecular complexity index is 1230. The van der Waals surface area contributed by atoms with Gasteiger partial charge in [0.2, 0.25) is 0 Å². The predicted octanol–water partition coefficient (Wildman–Crippen LogP) is 8.14. The smallest absolute Gasteiger partial charge is 0.331 e. The van der Waals surface area contributed by atoms with E-state index in [1.54, 1.807) is 17.4 Å². The van der Waals surface area contributed by atoms with Crippen LogP contribution in [-0.2, 0) is 16.0 Å². The number of aliphatic hydroxyl groups is 1. The van der Waals surface area contributed by atoms with Gasteiger partial charge in [0.1, 0.15) is 11.5 Å². The van der Waals surface area contributed by atoms with E-state index in [1.165, 1.54) is 17.2 Å². The molecule has 34 heavy (non-hydrogen) atoms. The van der Waals surface area contributed by atoms with Crippen LogP contribution in [0.2, 0.25) is 0 Å². The van der Waals surface area contributed by atoms with Gasteiger partial charge in [-0.1, -0.05) is 50.2 Å². The molecule has 2 aromatic carbocycles. The van der Waals surface area contributed by atoms with Gasteiger partial charge in [0.25, 0.3) is 0 Å². The lowest BCUT2D eigenvalue weighted by Crippen LogP contribution is -2.08. The molecule has 1 aliphatic rings. The van der Waals surface area contributed by atoms with E-state index in [0.717, 1.165) is 38.8 Å². The van der Waals surface area contributed by atoms with Gasteiger partial charge in [-0.15, -0.1) is 11.3 Å². The molecule has 4 nitrogen and oxygen atoms in total. The molecule has 4 rings (SSSR count). The van der Waals surface area contributed by atoms with Gasteiger partial charge in [-0.3, -0.25) is 0 Å². The van der Waals surface area contributed by atoms with Gasteiger partial charge >= 0.3 is 5.97 Å². The molecule has 0 spiro atoms. The minimum absolute atomic E-state index is 0.142. The van der Waals surface area contributed by atoms with Crippen LogP contribution in [0.3, 0.4) is 0 Å². The fourth-order valence-electron chi connectivity index (χ4n) is 3.99. The standard InChI is InChI=1S/C29H30O4S/c1-18(2)23-7-5-6-8-24(23)29-28(25-15-12-21(30)17-26(25)34-29)33-22-13-9-20(10-14-22)11-16-27(31)32-19(3)4/h5-11,13-14,16-19,30H,12,15H2,1-4H3/b16-11+. The summed E-state index contributed by atoms with van der Waals surface area (Å²) in [7, 11) is 0. The van der Waals surface area contributed by atoms with Crippen molar-refractivity contribution in [1.29, 1.82) is 0 Å². The molecule has 0 fully saturated rings. The van der Waals surface area contributed by atoms with Crippen LogP contribution < -0.4 is 4.74 Å². The van der Waals surface area contributed by atoms with Crippen molar-refractivity contribution in [2.24, 2.45) is 0 Å². The van der Waals surface area contributed by atoms with Crippen molar-refractivity contribution in [1.82, 2.24) is 0 Å². The number of ether oxygens (including phenoxy) is 2. The van der Waals surface area contributed by atoms with Gasteiger partial charge < -0.3 is 14.6 Å². The van der Waals surface area contributed by atoms with Gasteiger partial charge in [-0.05, 0) is 67.2 Å². The van der Waals surface area contributed by atoms with E-state index in [1.807, 2.05) is 44.2 Å². The van der Waals surface area contributed by atoms with Crippen LogP contribution in [0.4, 0.5) is 0 Å². The highest BCUT2D eigenvalue weighted by atomic mass is 32.1. The zero-order chi connectivity index (χ0) is 24.2. The Kier molecular flexibility index (Phi) is 7.23. The van der Waals surface area contributed by atoms with Gasteiger partial charge in [0.15, 0.2) is 0 Å². The van der Waals surface area contributed by atoms with Crippen molar-refractivity contribution in [3.05, 3.63) is 81.9 Å². The second kappa shape index (κ2) is 10.3. The molecule has 0 saturated carbocycles. The van der Waals surface area contributed by atoms with Crippen molar-refractivity contribution < 1.29 is 19.4 Å². The molecule has 0 radical (unpaired) electrons. The first-order valence-corrected chi connectivity index (χ1v) is 12.4. The monoisotopic (exact) mass is 474 g/mol. The quantitative estimate of drug-likeness (QED) is 0.277. The average molecular weight is 475 g/mol. The summed E-state index contributed by atoms with van der Waals surface area (Å²) < 4.78 is 11.6. The summed E-state index contributed by atoms with van der Waals surface area (Å²) >= 11 is 1.66. The molecule has 176 valence electrons. The number of thiophene rings is 1. The summed E-state index contributed by atoms with van der Waals surface area (Å²) in [6.07, 6.45) is 6.25. The Morgan fingerprint density at radius 1 is 1.03 bits per heavy atom. The summed E-state index contributed by atoms with van der Waals surface area (Å²) in [5.74, 6) is 2.02. The number of fused-ring (bicyclic) bond motifs is 1. The molecule has 1 aromatic heterocycles. The number of carbonyl (C=O) groups excluding carboxylic acids is 1. The minimum Gasteiger partial charge on any atom is -0.512 e. The summed E-state index contributed by atoms with van der Waals surface area (Å²) in [4.78, 5) is 13.9. The third-order valence-electron chi connectivity index (χ3n) is 5.61. The molecule has 0 unspecified atom stereocenters. The van der Waals surface area contributed by atoms with Crippen molar-refractivity contribution in [2.45, 2.75) is 52.6 Å². The highest BCUT2D eigenvalue weighted by molar-refractivity contribution is 7.17. The van der Waals surface area contributed by atoms with Gasteiger partial charge in [0.05, 0.1) is 16.7 Å². The lowest BCUT2D eigenvalue weighted by atomic mass is 9.94. The van der Waals surface area contributed by atoms with E-state index in [4.69, 9.17) is 9.47 Å². The molecule has 5 heteroatoms. The zero-order valence-corrected chi connectivity index (χ0v) is 20.8. The highest BCUT2D eigenvalue weighted by Gasteiger charge is 2.25. The fourth-order valence-corrected chi connectivity index (χ4v) is 5.28. The van der Waals surface area contributed by atoms with Crippen LogP contribution in [0.25, 0.3) is 22.6 Å². The first-order chi connectivity index (χ1) is 16.3. The topological polar surface area (TPSA) is 55.8 Å². The number of benzene rings is 2. The van der Waals surface area contributed by atoms with Crippen LogP contribution in [0.15, 0.2) is 60.4 Å². The van der Waals surface area contributed by atoms with Crippen molar-refractivity contribution >= 4 is 29.5 Å². The van der Waals surface area contributed by atoms with E-state index < -0.39 is 0 Å². The summed E-state index contributed by atoms with van der Waals surface area (Å²) in [5, 5.41) is 10.1. The molecule has 1 N–H and O–H groups in total. The Morgan fingerprint density at radius 3 is 2.47 bits per heavy atom. The van der Waals surface area contributed by atoms with Crippen LogP contribution >= 0.6 is 11.3 Å². The molecular formula is C29H30O4S. The normalized spacial score (nSPS) is 13.3. The third kappa shape index (κ3) is 5.42. The maximum absolute atomic E-state index is 11.8. The number of esters is 1. The van der Waals surface area contributed by atoms with E-state index in [-0.39, 0.29) is 12.1 Å². The number of carbonyl (C=O) groups is 1. The van der Waals surface area contributed by atoms with Crippen LogP contribution in [0.1, 0.15) is 61.6 Å². The highest BCUT2D eigenvalue weighted by Crippen LogP contribution is 2.49. The second-order valence-electron chi connectivity index (χ2n) is 8.97.